The summed E-state index contributed by atoms with van der Waals surface area (Å²) in [5.74, 6) is -0.436. The van der Waals surface area contributed by atoms with Gasteiger partial charge in [-0.05, 0) is 64.2 Å². The van der Waals surface area contributed by atoms with Crippen molar-refractivity contribution < 1.29 is 14.3 Å². The third-order valence-electron chi connectivity index (χ3n) is 7.05. The number of aromatic amines is 1. The maximum atomic E-state index is 13.4. The van der Waals surface area contributed by atoms with Crippen LogP contribution in [0.1, 0.15) is 30.3 Å². The topological polar surface area (TPSA) is 80.9 Å². The highest BCUT2D eigenvalue weighted by molar-refractivity contribution is 6.31. The van der Waals surface area contributed by atoms with Gasteiger partial charge in [-0.1, -0.05) is 11.6 Å². The summed E-state index contributed by atoms with van der Waals surface area (Å²) in [4.78, 5) is 36.2. The lowest BCUT2D eigenvalue weighted by molar-refractivity contribution is -0.138. The molecule has 2 saturated heterocycles. The Morgan fingerprint density at radius 1 is 1.12 bits per heavy atom. The molecule has 2 atom stereocenters. The molecule has 2 N–H and O–H groups in total. The van der Waals surface area contributed by atoms with Gasteiger partial charge in [-0.3, -0.25) is 14.5 Å². The number of piperidine rings is 1. The molecule has 2 aliphatic rings. The molecule has 8 nitrogen and oxygen atoms in total. The SMILES string of the molecule is CO[C@H](C)[C@@H](NC(=O)c1cc2cc(Cl)ccc2[nH]1)C(=O)N1CCN(C2CCN(C)CC2)CC1. The van der Waals surface area contributed by atoms with Crippen LogP contribution in [0.3, 0.4) is 0 Å². The van der Waals surface area contributed by atoms with Crippen molar-refractivity contribution in [3.05, 3.63) is 35.0 Å². The van der Waals surface area contributed by atoms with Gasteiger partial charge in [0.2, 0.25) is 5.91 Å². The normalized spacial score (nSPS) is 20.7. The van der Waals surface area contributed by atoms with Crippen LogP contribution in [0.15, 0.2) is 24.3 Å². The van der Waals surface area contributed by atoms with Crippen LogP contribution >= 0.6 is 11.6 Å². The lowest BCUT2D eigenvalue weighted by Crippen LogP contribution is -2.59. The summed E-state index contributed by atoms with van der Waals surface area (Å²) in [5, 5.41) is 4.35. The number of fused-ring (bicyclic) bond motifs is 1. The van der Waals surface area contributed by atoms with E-state index in [4.69, 9.17) is 16.3 Å². The first-order chi connectivity index (χ1) is 15.9. The number of hydrogen-bond donors (Lipinski definition) is 2. The van der Waals surface area contributed by atoms with Crippen LogP contribution in [0.5, 0.6) is 0 Å². The van der Waals surface area contributed by atoms with Crippen LogP contribution in [0.4, 0.5) is 0 Å². The van der Waals surface area contributed by atoms with Gasteiger partial charge in [0.15, 0.2) is 0 Å². The van der Waals surface area contributed by atoms with Crippen LogP contribution < -0.4 is 5.32 Å². The largest absolute Gasteiger partial charge is 0.379 e. The molecule has 0 bridgehead atoms. The number of methoxy groups -OCH3 is 1. The molecule has 0 spiro atoms. The number of H-pyrrole nitrogens is 1. The summed E-state index contributed by atoms with van der Waals surface area (Å²) in [6.07, 6.45) is 1.91. The van der Waals surface area contributed by atoms with Crippen LogP contribution in [0.2, 0.25) is 5.02 Å². The summed E-state index contributed by atoms with van der Waals surface area (Å²) in [6, 6.07) is 6.99. The molecule has 2 aromatic rings. The van der Waals surface area contributed by atoms with Gasteiger partial charge in [0.1, 0.15) is 11.7 Å². The van der Waals surface area contributed by atoms with E-state index in [1.165, 1.54) is 12.8 Å². The van der Waals surface area contributed by atoms with E-state index in [0.717, 1.165) is 37.1 Å². The molecule has 0 saturated carbocycles. The Morgan fingerprint density at radius 3 is 2.48 bits per heavy atom. The van der Waals surface area contributed by atoms with E-state index in [2.05, 4.69) is 27.1 Å². The van der Waals surface area contributed by atoms with Gasteiger partial charge >= 0.3 is 0 Å². The van der Waals surface area contributed by atoms with Gasteiger partial charge in [0, 0.05) is 55.3 Å². The molecule has 0 unspecified atom stereocenters. The molecule has 0 aliphatic carbocycles. The number of likely N-dealkylation sites (tertiary alicyclic amines) is 1. The van der Waals surface area contributed by atoms with Crippen molar-refractivity contribution in [3.8, 4) is 0 Å². The molecule has 2 aliphatic heterocycles. The highest BCUT2D eigenvalue weighted by atomic mass is 35.5. The Bertz CT molecular complexity index is 980. The lowest BCUT2D eigenvalue weighted by Gasteiger charge is -2.43. The van der Waals surface area contributed by atoms with Crippen molar-refractivity contribution >= 4 is 34.3 Å². The summed E-state index contributed by atoms with van der Waals surface area (Å²) in [7, 11) is 3.73. The molecule has 3 heterocycles. The molecular formula is C24H34ClN5O3. The third-order valence-corrected chi connectivity index (χ3v) is 7.29. The Hall–Kier alpha value is -2.13. The first-order valence-corrected chi connectivity index (χ1v) is 12.1. The number of aromatic nitrogens is 1. The zero-order valence-corrected chi connectivity index (χ0v) is 20.4. The van der Waals surface area contributed by atoms with Crippen molar-refractivity contribution in [2.24, 2.45) is 0 Å². The number of piperazine rings is 1. The second-order valence-corrected chi connectivity index (χ2v) is 9.64. The van der Waals surface area contributed by atoms with Crippen LogP contribution in [0.25, 0.3) is 10.9 Å². The zero-order chi connectivity index (χ0) is 23.5. The summed E-state index contributed by atoms with van der Waals surface area (Å²) >= 11 is 6.06. The third kappa shape index (κ3) is 5.51. The van der Waals surface area contributed by atoms with E-state index in [1.807, 2.05) is 17.9 Å². The zero-order valence-electron chi connectivity index (χ0n) is 19.6. The van der Waals surface area contributed by atoms with Crippen LogP contribution in [-0.2, 0) is 9.53 Å². The van der Waals surface area contributed by atoms with E-state index in [1.54, 1.807) is 25.3 Å². The lowest BCUT2D eigenvalue weighted by atomic mass is 10.0. The number of halogens is 1. The van der Waals surface area contributed by atoms with E-state index < -0.39 is 12.1 Å². The second-order valence-electron chi connectivity index (χ2n) is 9.20. The standard InChI is InChI=1S/C24H34ClN5O3/c1-16(33-3)22(27-23(31)21-15-17-14-18(25)4-5-20(17)26-21)24(32)30-12-10-29(11-13-30)19-6-8-28(2)9-7-19/h4-5,14-16,19,22,26H,6-13H2,1-3H3,(H,27,31)/t16-,22-/m1/s1. The van der Waals surface area contributed by atoms with E-state index in [-0.39, 0.29) is 11.8 Å². The number of carbonyl (C=O) groups excluding carboxylic acids is 2. The number of rotatable bonds is 6. The Kier molecular flexibility index (Phi) is 7.58. The summed E-state index contributed by atoms with van der Waals surface area (Å²) in [6.45, 7) is 7.13. The van der Waals surface area contributed by atoms with Gasteiger partial charge < -0.3 is 24.8 Å². The van der Waals surface area contributed by atoms with E-state index in [0.29, 0.717) is 29.8 Å². The van der Waals surface area contributed by atoms with E-state index in [9.17, 15) is 9.59 Å². The number of benzene rings is 1. The van der Waals surface area contributed by atoms with Gasteiger partial charge in [0.05, 0.1) is 6.10 Å². The van der Waals surface area contributed by atoms with Crippen LogP contribution in [-0.4, -0.2) is 103 Å². The van der Waals surface area contributed by atoms with Gasteiger partial charge in [0.25, 0.3) is 5.91 Å². The molecule has 4 rings (SSSR count). The Morgan fingerprint density at radius 2 is 1.82 bits per heavy atom. The molecule has 1 aromatic heterocycles. The smallest absolute Gasteiger partial charge is 0.268 e. The molecule has 1 aromatic carbocycles. The van der Waals surface area contributed by atoms with Crippen molar-refractivity contribution in [1.29, 1.82) is 0 Å². The molecule has 2 fully saturated rings. The number of carbonyl (C=O) groups is 2. The number of ether oxygens (including phenoxy) is 1. The molecule has 180 valence electrons. The van der Waals surface area contributed by atoms with Crippen molar-refractivity contribution in [2.75, 3.05) is 53.4 Å². The van der Waals surface area contributed by atoms with Crippen molar-refractivity contribution in [1.82, 2.24) is 25.0 Å². The van der Waals surface area contributed by atoms with Gasteiger partial charge in [-0.25, -0.2) is 0 Å². The van der Waals surface area contributed by atoms with E-state index >= 15 is 0 Å². The minimum atomic E-state index is -0.757. The van der Waals surface area contributed by atoms with Crippen molar-refractivity contribution in [2.45, 2.75) is 38.0 Å². The molecule has 9 heteroatoms. The second kappa shape index (κ2) is 10.4. The average Bonchev–Trinajstić information content (AvgIpc) is 3.25. The average molecular weight is 476 g/mol. The highest BCUT2D eigenvalue weighted by Gasteiger charge is 2.34. The van der Waals surface area contributed by atoms with Gasteiger partial charge in [-0.2, -0.15) is 0 Å². The number of nitrogens with zero attached hydrogens (tertiary/aromatic N) is 3. The minimum Gasteiger partial charge on any atom is -0.379 e. The fraction of sp³-hybridized carbons (Fsp3) is 0.583. The number of amides is 2. The Labute approximate surface area is 200 Å². The predicted molar refractivity (Wildman–Crippen MR) is 130 cm³/mol. The molecule has 0 radical (unpaired) electrons. The predicted octanol–water partition coefficient (Wildman–Crippen LogP) is 2.19. The highest BCUT2D eigenvalue weighted by Crippen LogP contribution is 2.21. The maximum Gasteiger partial charge on any atom is 0.268 e. The summed E-state index contributed by atoms with van der Waals surface area (Å²) in [5.41, 5.74) is 1.21. The molecular weight excluding hydrogens is 442 g/mol. The monoisotopic (exact) mass is 475 g/mol. The fourth-order valence-corrected chi connectivity index (χ4v) is 5.01. The first-order valence-electron chi connectivity index (χ1n) is 11.7. The van der Waals surface area contributed by atoms with Crippen molar-refractivity contribution in [3.63, 3.8) is 0 Å². The quantitative estimate of drug-likeness (QED) is 0.669. The molecule has 33 heavy (non-hydrogen) atoms. The van der Waals surface area contributed by atoms with Crippen LogP contribution in [0, 0.1) is 0 Å². The maximum absolute atomic E-state index is 13.4. The van der Waals surface area contributed by atoms with Gasteiger partial charge in [-0.15, -0.1) is 0 Å². The Balaban J connectivity index is 1.39. The molecule has 2 amide bonds. The summed E-state index contributed by atoms with van der Waals surface area (Å²) < 4.78 is 5.46. The first kappa shape index (κ1) is 24.0. The fourth-order valence-electron chi connectivity index (χ4n) is 4.83. The minimum absolute atomic E-state index is 0.0973. The number of nitrogens with one attached hydrogen (secondary N) is 2. The number of hydrogen-bond acceptors (Lipinski definition) is 5.